The Morgan fingerprint density at radius 1 is 1.58 bits per heavy atom. The molecule has 0 saturated heterocycles. The van der Waals surface area contributed by atoms with Gasteiger partial charge in [0.25, 0.3) is 0 Å². The zero-order chi connectivity index (χ0) is 14.4. The molecule has 3 N–H and O–H groups in total. The molecule has 19 heavy (non-hydrogen) atoms. The molecule has 6 heteroatoms. The van der Waals surface area contributed by atoms with Crippen LogP contribution in [0.5, 0.6) is 0 Å². The first kappa shape index (κ1) is 16.1. The molecule has 0 radical (unpaired) electrons. The van der Waals surface area contributed by atoms with Gasteiger partial charge >= 0.3 is 0 Å². The van der Waals surface area contributed by atoms with Crippen LogP contribution in [-0.4, -0.2) is 25.7 Å². The summed E-state index contributed by atoms with van der Waals surface area (Å²) >= 11 is 3.17. The summed E-state index contributed by atoms with van der Waals surface area (Å²) in [6, 6.07) is 3.67. The smallest absolute Gasteiger partial charge is 0.239 e. The molecular formula is C13H18BrFN2O2. The number of ether oxygens (including phenoxy) is 1. The third-order valence-electron chi connectivity index (χ3n) is 2.76. The highest BCUT2D eigenvalue weighted by Crippen LogP contribution is 2.21. The molecule has 0 aliphatic heterocycles. The third-order valence-corrected chi connectivity index (χ3v) is 3.26. The van der Waals surface area contributed by atoms with Gasteiger partial charge < -0.3 is 10.5 Å². The zero-order valence-corrected chi connectivity index (χ0v) is 12.5. The topological polar surface area (TPSA) is 64.3 Å². The SMILES string of the molecule is COCC[C@H](C)N[C@H](C(N)=O)c1ccc(Br)cc1F. The molecule has 4 nitrogen and oxygen atoms in total. The standard InChI is InChI=1S/C13H18BrFN2O2/c1-8(5-6-19-2)17-12(13(16)18)10-4-3-9(14)7-11(10)15/h3-4,7-8,12,17H,5-6H2,1-2H3,(H2,16,18)/t8-,12-/m0/s1. The molecule has 1 amide bonds. The van der Waals surface area contributed by atoms with Crippen LogP contribution in [0.1, 0.15) is 24.9 Å². The van der Waals surface area contributed by atoms with Gasteiger partial charge in [-0.1, -0.05) is 22.0 Å². The number of carbonyl (C=O) groups is 1. The van der Waals surface area contributed by atoms with E-state index in [-0.39, 0.29) is 11.6 Å². The Morgan fingerprint density at radius 2 is 2.26 bits per heavy atom. The lowest BCUT2D eigenvalue weighted by Crippen LogP contribution is -2.39. The summed E-state index contributed by atoms with van der Waals surface area (Å²) in [5.41, 5.74) is 5.59. The van der Waals surface area contributed by atoms with Crippen molar-refractivity contribution in [3.63, 3.8) is 0 Å². The number of nitrogens with one attached hydrogen (secondary N) is 1. The highest BCUT2D eigenvalue weighted by molar-refractivity contribution is 9.10. The van der Waals surface area contributed by atoms with Gasteiger partial charge in [0.2, 0.25) is 5.91 Å². The number of methoxy groups -OCH3 is 1. The van der Waals surface area contributed by atoms with Crippen LogP contribution >= 0.6 is 15.9 Å². The average Bonchev–Trinajstić information content (AvgIpc) is 2.34. The van der Waals surface area contributed by atoms with E-state index in [0.29, 0.717) is 17.5 Å². The van der Waals surface area contributed by atoms with Crippen molar-refractivity contribution >= 4 is 21.8 Å². The normalized spacial score (nSPS) is 14.1. The van der Waals surface area contributed by atoms with Crippen molar-refractivity contribution in [3.8, 4) is 0 Å². The number of primary amides is 1. The van der Waals surface area contributed by atoms with E-state index in [1.54, 1.807) is 19.2 Å². The van der Waals surface area contributed by atoms with E-state index in [1.165, 1.54) is 6.07 Å². The second kappa shape index (κ2) is 7.57. The van der Waals surface area contributed by atoms with Crippen LogP contribution < -0.4 is 11.1 Å². The van der Waals surface area contributed by atoms with E-state index in [2.05, 4.69) is 21.2 Å². The van der Waals surface area contributed by atoms with Crippen molar-refractivity contribution in [1.82, 2.24) is 5.32 Å². The van der Waals surface area contributed by atoms with Gasteiger partial charge in [0.1, 0.15) is 11.9 Å². The quantitative estimate of drug-likeness (QED) is 0.803. The highest BCUT2D eigenvalue weighted by Gasteiger charge is 2.22. The molecule has 0 unspecified atom stereocenters. The van der Waals surface area contributed by atoms with Gasteiger partial charge in [-0.05, 0) is 25.5 Å². The van der Waals surface area contributed by atoms with Crippen molar-refractivity contribution in [3.05, 3.63) is 34.1 Å². The second-order valence-electron chi connectivity index (χ2n) is 4.35. The predicted octanol–water partition coefficient (Wildman–Crippen LogP) is 2.13. The van der Waals surface area contributed by atoms with Crippen LogP contribution in [0.3, 0.4) is 0 Å². The first-order valence-corrected chi connectivity index (χ1v) is 6.74. The largest absolute Gasteiger partial charge is 0.385 e. The van der Waals surface area contributed by atoms with Gasteiger partial charge in [-0.2, -0.15) is 0 Å². The number of rotatable bonds is 7. The van der Waals surface area contributed by atoms with Gasteiger partial charge in [-0.25, -0.2) is 4.39 Å². The van der Waals surface area contributed by atoms with Crippen LogP contribution in [0.2, 0.25) is 0 Å². The Kier molecular flexibility index (Phi) is 6.41. The minimum atomic E-state index is -0.847. The van der Waals surface area contributed by atoms with Crippen LogP contribution in [0.25, 0.3) is 0 Å². The number of hydrogen-bond acceptors (Lipinski definition) is 3. The van der Waals surface area contributed by atoms with Crippen molar-refractivity contribution in [1.29, 1.82) is 0 Å². The van der Waals surface area contributed by atoms with Gasteiger partial charge in [-0.15, -0.1) is 0 Å². The molecular weight excluding hydrogens is 315 g/mol. The number of benzene rings is 1. The van der Waals surface area contributed by atoms with Crippen LogP contribution in [0.15, 0.2) is 22.7 Å². The maximum atomic E-state index is 13.9. The molecule has 1 aromatic rings. The van der Waals surface area contributed by atoms with Gasteiger partial charge in [-0.3, -0.25) is 10.1 Å². The Balaban J connectivity index is 2.85. The van der Waals surface area contributed by atoms with Crippen molar-refractivity contribution in [2.24, 2.45) is 5.73 Å². The van der Waals surface area contributed by atoms with E-state index in [0.717, 1.165) is 0 Å². The van der Waals surface area contributed by atoms with Crippen LogP contribution in [-0.2, 0) is 9.53 Å². The van der Waals surface area contributed by atoms with E-state index < -0.39 is 17.8 Å². The van der Waals surface area contributed by atoms with Gasteiger partial charge in [0.15, 0.2) is 0 Å². The summed E-state index contributed by atoms with van der Waals surface area (Å²) in [4.78, 5) is 11.5. The molecule has 0 heterocycles. The maximum absolute atomic E-state index is 13.9. The lowest BCUT2D eigenvalue weighted by atomic mass is 10.0. The van der Waals surface area contributed by atoms with Gasteiger partial charge in [0.05, 0.1) is 0 Å². The van der Waals surface area contributed by atoms with Crippen molar-refractivity contribution in [2.75, 3.05) is 13.7 Å². The first-order valence-electron chi connectivity index (χ1n) is 5.95. The fraction of sp³-hybridized carbons (Fsp3) is 0.462. The number of nitrogens with two attached hydrogens (primary N) is 1. The highest BCUT2D eigenvalue weighted by atomic mass is 79.9. The number of amides is 1. The summed E-state index contributed by atoms with van der Waals surface area (Å²) in [7, 11) is 1.60. The minimum absolute atomic E-state index is 0.0134. The summed E-state index contributed by atoms with van der Waals surface area (Å²) < 4.78 is 19.4. The lowest BCUT2D eigenvalue weighted by molar-refractivity contribution is -0.120. The van der Waals surface area contributed by atoms with Crippen molar-refractivity contribution < 1.29 is 13.9 Å². The van der Waals surface area contributed by atoms with Crippen molar-refractivity contribution in [2.45, 2.75) is 25.4 Å². The number of halogens is 2. The molecule has 0 aliphatic carbocycles. The van der Waals surface area contributed by atoms with E-state index in [4.69, 9.17) is 10.5 Å². The fourth-order valence-corrected chi connectivity index (χ4v) is 2.06. The molecule has 1 rings (SSSR count). The molecule has 106 valence electrons. The molecule has 0 spiro atoms. The fourth-order valence-electron chi connectivity index (χ4n) is 1.72. The van der Waals surface area contributed by atoms with E-state index >= 15 is 0 Å². The number of carbonyl (C=O) groups excluding carboxylic acids is 1. The molecule has 0 fully saturated rings. The van der Waals surface area contributed by atoms with Gasteiger partial charge in [0, 0.05) is 29.8 Å². The number of hydrogen-bond donors (Lipinski definition) is 2. The Bertz CT molecular complexity index is 443. The third kappa shape index (κ3) is 4.89. The van der Waals surface area contributed by atoms with Crippen LogP contribution in [0, 0.1) is 5.82 Å². The molecule has 0 aromatic heterocycles. The van der Waals surface area contributed by atoms with Crippen LogP contribution in [0.4, 0.5) is 4.39 Å². The monoisotopic (exact) mass is 332 g/mol. The molecule has 0 saturated carbocycles. The Labute approximate surface area is 120 Å². The Hall–Kier alpha value is -0.980. The molecule has 2 atom stereocenters. The maximum Gasteiger partial charge on any atom is 0.239 e. The summed E-state index contributed by atoms with van der Waals surface area (Å²) in [5, 5.41) is 3.02. The predicted molar refractivity (Wildman–Crippen MR) is 75.1 cm³/mol. The summed E-state index contributed by atoms with van der Waals surface area (Å²) in [5.74, 6) is -1.07. The van der Waals surface area contributed by atoms with E-state index in [1.807, 2.05) is 6.92 Å². The lowest BCUT2D eigenvalue weighted by Gasteiger charge is -2.21. The molecule has 0 aliphatic rings. The minimum Gasteiger partial charge on any atom is -0.385 e. The zero-order valence-electron chi connectivity index (χ0n) is 11.0. The first-order chi connectivity index (χ1) is 8.95. The summed E-state index contributed by atoms with van der Waals surface area (Å²) in [6.07, 6.45) is 0.707. The summed E-state index contributed by atoms with van der Waals surface area (Å²) in [6.45, 7) is 2.45. The van der Waals surface area contributed by atoms with E-state index in [9.17, 15) is 9.18 Å². The average molecular weight is 333 g/mol. The Morgan fingerprint density at radius 3 is 2.79 bits per heavy atom. The second-order valence-corrected chi connectivity index (χ2v) is 5.27. The molecule has 1 aromatic carbocycles. The molecule has 0 bridgehead atoms.